The minimum atomic E-state index is -0.338. The molecule has 2 aliphatic carbocycles. The fourth-order valence-corrected chi connectivity index (χ4v) is 5.04. The number of allylic oxidation sites excluding steroid dienone is 2. The maximum atomic E-state index is 12.6. The molecule has 116 valence electrons. The smallest absolute Gasteiger partial charge is 0.205 e. The summed E-state index contributed by atoms with van der Waals surface area (Å²) in [6.45, 7) is 0. The van der Waals surface area contributed by atoms with Gasteiger partial charge in [0, 0.05) is 26.7 Å². The van der Waals surface area contributed by atoms with E-state index in [1.807, 2.05) is 42.1 Å². The standard InChI is InChI=1S/C20H14N2OS/c21-10-16-13-8-9-18(24-12-4-1-2-5-12)14-6-3-7-15(19(13)14)20(23)17(16)11-22/h3,6-9,12H,1-2,4-5H2. The SMILES string of the molecule is N#CC1=C(C#N)c2ccc(SC3CCCC3)c3cccc(c23)C1=O. The van der Waals surface area contributed by atoms with Crippen molar-refractivity contribution >= 4 is 33.9 Å². The number of carbonyl (C=O) groups is 1. The predicted molar refractivity (Wildman–Crippen MR) is 94.5 cm³/mol. The molecule has 0 amide bonds. The number of carbonyl (C=O) groups excluding carboxylic acids is 1. The van der Waals surface area contributed by atoms with Gasteiger partial charge < -0.3 is 0 Å². The molecule has 0 N–H and O–H groups in total. The molecule has 0 spiro atoms. The van der Waals surface area contributed by atoms with Crippen LogP contribution >= 0.6 is 11.8 Å². The Morgan fingerprint density at radius 2 is 1.71 bits per heavy atom. The first-order chi connectivity index (χ1) is 11.7. The number of hydrogen-bond acceptors (Lipinski definition) is 4. The Labute approximate surface area is 144 Å². The second kappa shape index (κ2) is 5.82. The molecule has 2 aromatic rings. The largest absolute Gasteiger partial charge is 0.288 e. The van der Waals surface area contributed by atoms with Crippen LogP contribution in [0.4, 0.5) is 0 Å². The van der Waals surface area contributed by atoms with Gasteiger partial charge in [-0.2, -0.15) is 10.5 Å². The van der Waals surface area contributed by atoms with Crippen LogP contribution in [-0.2, 0) is 0 Å². The van der Waals surface area contributed by atoms with Gasteiger partial charge in [0.05, 0.1) is 5.57 Å². The highest BCUT2D eigenvalue weighted by atomic mass is 32.2. The van der Waals surface area contributed by atoms with Crippen molar-refractivity contribution < 1.29 is 4.79 Å². The predicted octanol–water partition coefficient (Wildman–Crippen LogP) is 4.87. The molecule has 1 fully saturated rings. The van der Waals surface area contributed by atoms with Crippen molar-refractivity contribution in [1.29, 1.82) is 10.5 Å². The van der Waals surface area contributed by atoms with Gasteiger partial charge in [-0.1, -0.05) is 37.1 Å². The molecular formula is C20H14N2OS. The van der Waals surface area contributed by atoms with Crippen LogP contribution in [0, 0.1) is 22.7 Å². The molecule has 1 saturated carbocycles. The molecule has 4 rings (SSSR count). The number of nitriles is 2. The Hall–Kier alpha value is -2.56. The first-order valence-corrected chi connectivity index (χ1v) is 8.94. The van der Waals surface area contributed by atoms with Crippen LogP contribution in [0.5, 0.6) is 0 Å². The van der Waals surface area contributed by atoms with Crippen molar-refractivity contribution in [1.82, 2.24) is 0 Å². The highest BCUT2D eigenvalue weighted by molar-refractivity contribution is 8.00. The molecule has 0 bridgehead atoms. The average molecular weight is 330 g/mol. The first kappa shape index (κ1) is 15.0. The second-order valence-electron chi connectivity index (χ2n) is 6.17. The first-order valence-electron chi connectivity index (χ1n) is 8.06. The van der Waals surface area contributed by atoms with E-state index < -0.39 is 0 Å². The molecule has 4 heteroatoms. The zero-order chi connectivity index (χ0) is 16.7. The summed E-state index contributed by atoms with van der Waals surface area (Å²) in [6, 6.07) is 13.5. The molecule has 0 saturated heterocycles. The van der Waals surface area contributed by atoms with Crippen molar-refractivity contribution in [2.75, 3.05) is 0 Å². The topological polar surface area (TPSA) is 64.7 Å². The van der Waals surface area contributed by atoms with Gasteiger partial charge in [0.15, 0.2) is 0 Å². The fourth-order valence-electron chi connectivity index (χ4n) is 3.67. The highest BCUT2D eigenvalue weighted by Gasteiger charge is 2.29. The molecule has 3 nitrogen and oxygen atoms in total. The number of nitrogens with zero attached hydrogens (tertiary/aromatic N) is 2. The average Bonchev–Trinajstić information content (AvgIpc) is 3.12. The third-order valence-corrected chi connectivity index (χ3v) is 6.23. The van der Waals surface area contributed by atoms with E-state index in [1.165, 1.54) is 25.7 Å². The number of ketones is 1. The molecule has 24 heavy (non-hydrogen) atoms. The van der Waals surface area contributed by atoms with Gasteiger partial charge in [-0.05, 0) is 24.3 Å². The van der Waals surface area contributed by atoms with Crippen LogP contribution in [0.1, 0.15) is 41.6 Å². The normalized spacial score (nSPS) is 17.2. The summed E-state index contributed by atoms with van der Waals surface area (Å²) in [4.78, 5) is 13.8. The van der Waals surface area contributed by atoms with Crippen LogP contribution < -0.4 is 0 Å². The van der Waals surface area contributed by atoms with Crippen molar-refractivity contribution in [2.24, 2.45) is 0 Å². The number of hydrogen-bond donors (Lipinski definition) is 0. The Bertz CT molecular complexity index is 985. The summed E-state index contributed by atoms with van der Waals surface area (Å²) < 4.78 is 0. The van der Waals surface area contributed by atoms with Crippen molar-refractivity contribution in [3.05, 3.63) is 47.0 Å². The lowest BCUT2D eigenvalue weighted by Crippen LogP contribution is -2.11. The molecule has 2 aromatic carbocycles. The summed E-state index contributed by atoms with van der Waals surface area (Å²) in [7, 11) is 0. The lowest BCUT2D eigenvalue weighted by molar-refractivity contribution is 0.104. The number of Topliss-reactive ketones (excluding diaryl/α,β-unsaturated/α-hetero) is 1. The summed E-state index contributed by atoms with van der Waals surface area (Å²) >= 11 is 1.87. The van der Waals surface area contributed by atoms with E-state index in [1.54, 1.807) is 6.07 Å². The van der Waals surface area contributed by atoms with Gasteiger partial charge in [-0.25, -0.2) is 0 Å². The van der Waals surface area contributed by atoms with Gasteiger partial charge in [-0.15, -0.1) is 11.8 Å². The molecule has 0 heterocycles. The van der Waals surface area contributed by atoms with Crippen LogP contribution in [0.2, 0.25) is 0 Å². The third-order valence-electron chi connectivity index (χ3n) is 4.81. The van der Waals surface area contributed by atoms with Gasteiger partial charge in [0.25, 0.3) is 0 Å². The number of rotatable bonds is 2. The Kier molecular flexibility index (Phi) is 3.63. The van der Waals surface area contributed by atoms with Gasteiger partial charge in [0.1, 0.15) is 17.7 Å². The second-order valence-corrected chi connectivity index (χ2v) is 7.51. The Balaban J connectivity index is 1.96. The van der Waals surface area contributed by atoms with E-state index in [0.717, 1.165) is 15.7 Å². The van der Waals surface area contributed by atoms with E-state index in [0.29, 0.717) is 16.4 Å². The van der Waals surface area contributed by atoms with E-state index in [4.69, 9.17) is 0 Å². The molecule has 0 unspecified atom stereocenters. The lowest BCUT2D eigenvalue weighted by Gasteiger charge is -2.19. The van der Waals surface area contributed by atoms with Crippen molar-refractivity contribution in [3.63, 3.8) is 0 Å². The molecule has 0 atom stereocenters. The monoisotopic (exact) mass is 330 g/mol. The summed E-state index contributed by atoms with van der Waals surface area (Å²) in [5.41, 5.74) is 1.39. The van der Waals surface area contributed by atoms with Crippen LogP contribution in [-0.4, -0.2) is 11.0 Å². The number of thioether (sulfide) groups is 1. The summed E-state index contributed by atoms with van der Waals surface area (Å²) in [5, 5.41) is 21.2. The molecular weight excluding hydrogens is 316 g/mol. The zero-order valence-electron chi connectivity index (χ0n) is 13.0. The molecule has 0 aliphatic heterocycles. The van der Waals surface area contributed by atoms with Gasteiger partial charge >= 0.3 is 0 Å². The molecule has 2 aliphatic rings. The zero-order valence-corrected chi connectivity index (χ0v) is 13.8. The summed E-state index contributed by atoms with van der Waals surface area (Å²) in [6.07, 6.45) is 5.03. The third kappa shape index (κ3) is 2.15. The van der Waals surface area contributed by atoms with E-state index >= 15 is 0 Å². The van der Waals surface area contributed by atoms with E-state index in [2.05, 4.69) is 6.07 Å². The van der Waals surface area contributed by atoms with Crippen molar-refractivity contribution in [2.45, 2.75) is 35.8 Å². The maximum Gasteiger partial charge on any atom is 0.205 e. The summed E-state index contributed by atoms with van der Waals surface area (Å²) in [5.74, 6) is -0.338. The Morgan fingerprint density at radius 3 is 2.42 bits per heavy atom. The van der Waals surface area contributed by atoms with Crippen LogP contribution in [0.25, 0.3) is 16.3 Å². The Morgan fingerprint density at radius 1 is 0.958 bits per heavy atom. The van der Waals surface area contributed by atoms with Gasteiger partial charge in [0.2, 0.25) is 5.78 Å². The molecule has 0 radical (unpaired) electrons. The van der Waals surface area contributed by atoms with E-state index in [9.17, 15) is 15.3 Å². The quantitative estimate of drug-likeness (QED) is 0.788. The lowest BCUT2D eigenvalue weighted by atomic mass is 9.83. The number of benzene rings is 2. The molecule has 0 aromatic heterocycles. The van der Waals surface area contributed by atoms with Crippen LogP contribution in [0.3, 0.4) is 0 Å². The highest BCUT2D eigenvalue weighted by Crippen LogP contribution is 2.43. The van der Waals surface area contributed by atoms with E-state index in [-0.39, 0.29) is 16.9 Å². The van der Waals surface area contributed by atoms with Crippen LogP contribution in [0.15, 0.2) is 40.8 Å². The maximum absolute atomic E-state index is 12.6. The van der Waals surface area contributed by atoms with Gasteiger partial charge in [-0.3, -0.25) is 4.79 Å². The minimum Gasteiger partial charge on any atom is -0.288 e. The van der Waals surface area contributed by atoms with Crippen molar-refractivity contribution in [3.8, 4) is 12.1 Å². The minimum absolute atomic E-state index is 0.0475. The fraction of sp³-hybridized carbons (Fsp3) is 0.250.